The lowest BCUT2D eigenvalue weighted by molar-refractivity contribution is -0.122. The Hall–Kier alpha value is -1.30. The van der Waals surface area contributed by atoms with Gasteiger partial charge in [0.1, 0.15) is 0 Å². The lowest BCUT2D eigenvalue weighted by Gasteiger charge is -2.10. The highest BCUT2D eigenvalue weighted by Gasteiger charge is 2.10. The minimum atomic E-state index is -0.600. The van der Waals surface area contributed by atoms with E-state index in [0.717, 1.165) is 6.42 Å². The second kappa shape index (κ2) is 7.14. The third kappa shape index (κ3) is 6.24. The molecule has 6 nitrogen and oxygen atoms in total. The Bertz CT molecular complexity index is 196. The maximum atomic E-state index is 11.2. The van der Waals surface area contributed by atoms with Crippen LogP contribution in [0.3, 0.4) is 0 Å². The summed E-state index contributed by atoms with van der Waals surface area (Å²) in [6.07, 6.45) is 1.53. The highest BCUT2D eigenvalue weighted by Crippen LogP contribution is 1.91. The average Bonchev–Trinajstić information content (AvgIpc) is 2.12. The molecule has 0 aromatic rings. The maximum absolute atomic E-state index is 11.2. The SMILES string of the molecule is CCCC(N)C(=O)NCCNC(N)=O. The van der Waals surface area contributed by atoms with Crippen molar-refractivity contribution < 1.29 is 9.59 Å². The number of urea groups is 1. The number of rotatable bonds is 6. The van der Waals surface area contributed by atoms with Crippen LogP contribution in [0.25, 0.3) is 0 Å². The summed E-state index contributed by atoms with van der Waals surface area (Å²) in [6.45, 7) is 2.63. The topological polar surface area (TPSA) is 110 Å². The van der Waals surface area contributed by atoms with Gasteiger partial charge in [0.25, 0.3) is 0 Å². The zero-order valence-corrected chi connectivity index (χ0v) is 8.38. The van der Waals surface area contributed by atoms with Crippen molar-refractivity contribution in [1.82, 2.24) is 10.6 Å². The second-order valence-electron chi connectivity index (χ2n) is 2.98. The first-order valence-corrected chi connectivity index (χ1v) is 4.64. The summed E-state index contributed by atoms with van der Waals surface area (Å²) in [5.41, 5.74) is 10.4. The first kappa shape index (κ1) is 12.7. The van der Waals surface area contributed by atoms with Crippen LogP contribution < -0.4 is 22.1 Å². The minimum absolute atomic E-state index is 0.196. The highest BCUT2D eigenvalue weighted by molar-refractivity contribution is 5.81. The van der Waals surface area contributed by atoms with Gasteiger partial charge >= 0.3 is 6.03 Å². The van der Waals surface area contributed by atoms with Crippen molar-refractivity contribution in [3.63, 3.8) is 0 Å². The molecule has 0 aliphatic carbocycles. The lowest BCUT2D eigenvalue weighted by atomic mass is 10.2. The van der Waals surface area contributed by atoms with Crippen molar-refractivity contribution in [2.75, 3.05) is 13.1 Å². The summed E-state index contributed by atoms with van der Waals surface area (Å²) in [4.78, 5) is 21.5. The van der Waals surface area contributed by atoms with Gasteiger partial charge in [0, 0.05) is 13.1 Å². The fourth-order valence-corrected chi connectivity index (χ4v) is 0.945. The third-order valence-corrected chi connectivity index (χ3v) is 1.66. The quantitative estimate of drug-likeness (QED) is 0.410. The van der Waals surface area contributed by atoms with Crippen LogP contribution in [0.2, 0.25) is 0 Å². The lowest BCUT2D eigenvalue weighted by Crippen LogP contribution is -2.44. The molecule has 0 heterocycles. The van der Waals surface area contributed by atoms with E-state index in [1.165, 1.54) is 0 Å². The summed E-state index contributed by atoms with van der Waals surface area (Å²) in [7, 11) is 0. The molecule has 0 aromatic carbocycles. The second-order valence-corrected chi connectivity index (χ2v) is 2.98. The number of carbonyl (C=O) groups excluding carboxylic acids is 2. The monoisotopic (exact) mass is 202 g/mol. The van der Waals surface area contributed by atoms with E-state index in [1.54, 1.807) is 0 Å². The van der Waals surface area contributed by atoms with Crippen LogP contribution in [0.15, 0.2) is 0 Å². The van der Waals surface area contributed by atoms with Gasteiger partial charge in [-0.3, -0.25) is 4.79 Å². The highest BCUT2D eigenvalue weighted by atomic mass is 16.2. The Morgan fingerprint density at radius 3 is 2.36 bits per heavy atom. The fraction of sp³-hybridized carbons (Fsp3) is 0.750. The van der Waals surface area contributed by atoms with Gasteiger partial charge in [0.15, 0.2) is 0 Å². The van der Waals surface area contributed by atoms with Gasteiger partial charge in [-0.2, -0.15) is 0 Å². The van der Waals surface area contributed by atoms with Crippen molar-refractivity contribution >= 4 is 11.9 Å². The number of nitrogens with one attached hydrogen (secondary N) is 2. The summed E-state index contributed by atoms with van der Waals surface area (Å²) in [5, 5.41) is 4.94. The molecule has 0 saturated carbocycles. The van der Waals surface area contributed by atoms with Crippen LogP contribution in [-0.4, -0.2) is 31.1 Å². The molecule has 0 aliphatic heterocycles. The third-order valence-electron chi connectivity index (χ3n) is 1.66. The van der Waals surface area contributed by atoms with E-state index < -0.39 is 12.1 Å². The molecule has 1 atom stereocenters. The molecule has 0 bridgehead atoms. The molecule has 6 N–H and O–H groups in total. The van der Waals surface area contributed by atoms with Gasteiger partial charge in [-0.05, 0) is 6.42 Å². The molecule has 82 valence electrons. The molecule has 0 spiro atoms. The Balaban J connectivity index is 3.48. The van der Waals surface area contributed by atoms with Gasteiger partial charge < -0.3 is 22.1 Å². The number of hydrogen-bond donors (Lipinski definition) is 4. The predicted octanol–water partition coefficient (Wildman–Crippen LogP) is -1.10. The molecular weight excluding hydrogens is 184 g/mol. The molecule has 3 amide bonds. The molecule has 0 fully saturated rings. The Kier molecular flexibility index (Phi) is 6.47. The van der Waals surface area contributed by atoms with Crippen molar-refractivity contribution in [2.24, 2.45) is 11.5 Å². The largest absolute Gasteiger partial charge is 0.353 e. The fourth-order valence-electron chi connectivity index (χ4n) is 0.945. The van der Waals surface area contributed by atoms with Crippen molar-refractivity contribution in [3.8, 4) is 0 Å². The first-order chi connectivity index (χ1) is 6.57. The molecule has 0 saturated heterocycles. The average molecular weight is 202 g/mol. The van der Waals surface area contributed by atoms with E-state index in [9.17, 15) is 9.59 Å². The molecule has 0 radical (unpaired) electrons. The Morgan fingerprint density at radius 2 is 1.86 bits per heavy atom. The minimum Gasteiger partial charge on any atom is -0.353 e. The molecule has 0 aliphatic rings. The predicted molar refractivity (Wildman–Crippen MR) is 53.5 cm³/mol. The van der Waals surface area contributed by atoms with Gasteiger partial charge in [-0.15, -0.1) is 0 Å². The molecular formula is C8H18N4O2. The van der Waals surface area contributed by atoms with E-state index in [0.29, 0.717) is 19.5 Å². The Labute approximate surface area is 83.4 Å². The molecule has 1 unspecified atom stereocenters. The van der Waals surface area contributed by atoms with Crippen molar-refractivity contribution in [2.45, 2.75) is 25.8 Å². The first-order valence-electron chi connectivity index (χ1n) is 4.64. The van der Waals surface area contributed by atoms with E-state index in [-0.39, 0.29) is 5.91 Å². The van der Waals surface area contributed by atoms with Crippen LogP contribution in [0.1, 0.15) is 19.8 Å². The van der Waals surface area contributed by atoms with E-state index in [4.69, 9.17) is 11.5 Å². The molecule has 0 rings (SSSR count). The number of hydrogen-bond acceptors (Lipinski definition) is 3. The normalized spacial score (nSPS) is 11.9. The number of primary amides is 1. The van der Waals surface area contributed by atoms with Crippen LogP contribution >= 0.6 is 0 Å². The molecule has 6 heteroatoms. The van der Waals surface area contributed by atoms with E-state index in [1.807, 2.05) is 6.92 Å². The molecule has 0 aromatic heterocycles. The van der Waals surface area contributed by atoms with Crippen LogP contribution in [0, 0.1) is 0 Å². The van der Waals surface area contributed by atoms with Crippen molar-refractivity contribution in [1.29, 1.82) is 0 Å². The van der Waals surface area contributed by atoms with Gasteiger partial charge in [0.2, 0.25) is 5.91 Å². The summed E-state index contributed by atoms with van der Waals surface area (Å²) < 4.78 is 0. The standard InChI is InChI=1S/C8H18N4O2/c1-2-3-6(9)7(13)11-4-5-12-8(10)14/h6H,2-5,9H2,1H3,(H,11,13)(H3,10,12,14). The van der Waals surface area contributed by atoms with Crippen LogP contribution in [-0.2, 0) is 4.79 Å². The van der Waals surface area contributed by atoms with E-state index >= 15 is 0 Å². The zero-order chi connectivity index (χ0) is 11.0. The summed E-state index contributed by atoms with van der Waals surface area (Å²) in [5.74, 6) is -0.196. The number of nitrogens with two attached hydrogens (primary N) is 2. The summed E-state index contributed by atoms with van der Waals surface area (Å²) in [6, 6.07) is -1.06. The Morgan fingerprint density at radius 1 is 1.29 bits per heavy atom. The van der Waals surface area contributed by atoms with Crippen LogP contribution in [0.5, 0.6) is 0 Å². The molecule has 14 heavy (non-hydrogen) atoms. The summed E-state index contributed by atoms with van der Waals surface area (Å²) >= 11 is 0. The van der Waals surface area contributed by atoms with Gasteiger partial charge in [-0.25, -0.2) is 4.79 Å². The zero-order valence-electron chi connectivity index (χ0n) is 8.38. The number of carbonyl (C=O) groups is 2. The van der Waals surface area contributed by atoms with Crippen molar-refractivity contribution in [3.05, 3.63) is 0 Å². The number of amides is 3. The smallest absolute Gasteiger partial charge is 0.312 e. The van der Waals surface area contributed by atoms with Gasteiger partial charge in [0.05, 0.1) is 6.04 Å². The van der Waals surface area contributed by atoms with Crippen LogP contribution in [0.4, 0.5) is 4.79 Å². The van der Waals surface area contributed by atoms with E-state index in [2.05, 4.69) is 10.6 Å². The maximum Gasteiger partial charge on any atom is 0.312 e. The van der Waals surface area contributed by atoms with Gasteiger partial charge in [-0.1, -0.05) is 13.3 Å².